The van der Waals surface area contributed by atoms with Gasteiger partial charge in [-0.1, -0.05) is 176 Å². The van der Waals surface area contributed by atoms with Crippen LogP contribution in [-0.2, 0) is 0 Å². The van der Waals surface area contributed by atoms with Crippen LogP contribution in [0.5, 0.6) is 0 Å². The molecule has 40 heavy (non-hydrogen) atoms. The van der Waals surface area contributed by atoms with Gasteiger partial charge in [-0.2, -0.15) is 0 Å². The fourth-order valence-electron chi connectivity index (χ4n) is 7.06. The van der Waals surface area contributed by atoms with E-state index in [1.54, 1.807) is 0 Å². The molecule has 1 rings (SSSR count). The highest BCUT2D eigenvalue weighted by Crippen LogP contribution is 2.43. The molecule has 7 atom stereocenters. The Morgan fingerprint density at radius 3 is 1.30 bits per heavy atom. The third-order valence-corrected chi connectivity index (χ3v) is 10.5. The molecular formula is C40H86. The maximum absolute atomic E-state index is 2.53. The summed E-state index contributed by atoms with van der Waals surface area (Å²) in [6, 6.07) is 0. The Kier molecular flexibility index (Phi) is 29.6. The number of rotatable bonds is 14. The normalized spacial score (nSPS) is 20.8. The van der Waals surface area contributed by atoms with Crippen LogP contribution in [0.4, 0.5) is 0 Å². The molecule has 1 aliphatic carbocycles. The Morgan fingerprint density at radius 1 is 0.550 bits per heavy atom. The van der Waals surface area contributed by atoms with Gasteiger partial charge < -0.3 is 0 Å². The minimum absolute atomic E-state index is 0.826. The zero-order valence-electron chi connectivity index (χ0n) is 32.0. The van der Waals surface area contributed by atoms with Gasteiger partial charge in [-0.15, -0.1) is 0 Å². The zero-order valence-corrected chi connectivity index (χ0v) is 32.0. The van der Waals surface area contributed by atoms with Crippen molar-refractivity contribution < 1.29 is 0 Å². The highest BCUT2D eigenvalue weighted by molar-refractivity contribution is 4.84. The molecule has 0 N–H and O–H groups in total. The van der Waals surface area contributed by atoms with Crippen molar-refractivity contribution in [1.29, 1.82) is 0 Å². The van der Waals surface area contributed by atoms with E-state index in [1.165, 1.54) is 64.2 Å². The molecule has 1 fully saturated rings. The molecule has 1 aliphatic rings. The van der Waals surface area contributed by atoms with E-state index < -0.39 is 0 Å². The van der Waals surface area contributed by atoms with Crippen LogP contribution in [0.2, 0.25) is 0 Å². The van der Waals surface area contributed by atoms with E-state index in [2.05, 4.69) is 125 Å². The monoisotopic (exact) mass is 567 g/mol. The summed E-state index contributed by atoms with van der Waals surface area (Å²) < 4.78 is 0. The summed E-state index contributed by atoms with van der Waals surface area (Å²) in [7, 11) is 0. The van der Waals surface area contributed by atoms with Crippen molar-refractivity contribution in [2.24, 2.45) is 71.0 Å². The van der Waals surface area contributed by atoms with Crippen molar-refractivity contribution in [3.05, 3.63) is 0 Å². The average Bonchev–Trinajstić information content (AvgIpc) is 3.30. The van der Waals surface area contributed by atoms with E-state index in [0.717, 1.165) is 71.0 Å². The maximum atomic E-state index is 2.53. The third kappa shape index (κ3) is 21.7. The summed E-state index contributed by atoms with van der Waals surface area (Å²) in [4.78, 5) is 0. The fourth-order valence-corrected chi connectivity index (χ4v) is 7.06. The van der Waals surface area contributed by atoms with Gasteiger partial charge in [-0.05, 0) is 83.9 Å². The first-order chi connectivity index (χ1) is 18.5. The molecule has 0 spiro atoms. The van der Waals surface area contributed by atoms with Gasteiger partial charge in [0.25, 0.3) is 0 Å². The molecule has 0 aliphatic heterocycles. The summed E-state index contributed by atoms with van der Waals surface area (Å²) in [6.07, 6.45) is 14.0. The second kappa shape index (κ2) is 26.6. The van der Waals surface area contributed by atoms with Crippen LogP contribution in [0.15, 0.2) is 0 Å². The highest BCUT2D eigenvalue weighted by atomic mass is 14.4. The molecule has 0 heterocycles. The van der Waals surface area contributed by atoms with E-state index in [4.69, 9.17) is 0 Å². The van der Waals surface area contributed by atoms with Crippen molar-refractivity contribution in [1.82, 2.24) is 0 Å². The molecule has 0 radical (unpaired) electrons. The van der Waals surface area contributed by atoms with E-state index in [-0.39, 0.29) is 0 Å². The summed E-state index contributed by atoms with van der Waals surface area (Å²) in [5.41, 5.74) is 0. The lowest BCUT2D eigenvalue weighted by Crippen LogP contribution is -2.30. The molecule has 0 heteroatoms. The second-order valence-corrected chi connectivity index (χ2v) is 15.7. The maximum Gasteiger partial charge on any atom is -0.0360 e. The smallest absolute Gasteiger partial charge is 0.0360 e. The van der Waals surface area contributed by atoms with Gasteiger partial charge in [-0.25, -0.2) is 0 Å². The predicted molar refractivity (Wildman–Crippen MR) is 190 cm³/mol. The molecular weight excluding hydrogens is 480 g/mol. The Hall–Kier alpha value is 0. The predicted octanol–water partition coefficient (Wildman–Crippen LogP) is 14.6. The molecule has 0 aromatic carbocycles. The summed E-state index contributed by atoms with van der Waals surface area (Å²) in [5.74, 6) is 10.9. The minimum Gasteiger partial charge on any atom is -0.0656 e. The lowest BCUT2D eigenvalue weighted by atomic mass is 9.69. The first-order valence-corrected chi connectivity index (χ1v) is 18.5. The van der Waals surface area contributed by atoms with Crippen LogP contribution in [0.3, 0.4) is 0 Å². The van der Waals surface area contributed by atoms with Crippen molar-refractivity contribution >= 4 is 0 Å². The molecule has 0 saturated heterocycles. The van der Waals surface area contributed by atoms with E-state index in [9.17, 15) is 0 Å². The lowest BCUT2D eigenvalue weighted by molar-refractivity contribution is 0.122. The Morgan fingerprint density at radius 2 is 1.02 bits per heavy atom. The van der Waals surface area contributed by atoms with Crippen molar-refractivity contribution in [2.45, 2.75) is 189 Å². The van der Waals surface area contributed by atoms with Crippen LogP contribution >= 0.6 is 0 Å². The Balaban J connectivity index is -0.000000529. The number of hydrogen-bond donors (Lipinski definition) is 0. The van der Waals surface area contributed by atoms with Crippen molar-refractivity contribution in [3.63, 3.8) is 0 Å². The third-order valence-electron chi connectivity index (χ3n) is 10.5. The standard InChI is InChI=1S/C18H36.C10H22.C9H20.C3H8/c1-8-18(14(5)12(2)3)16(7)15(6)17-10-9-13(4)11-17;1-5-10(4)8-6-7-9(2)3;1-6-9(7(2)3)8(4)5;1-3-2/h12-18H,8-11H2,1-7H3;9-10H,5-8H2,1-4H3;7-9H,6H2,1-5H3;3H2,1-2H3. The van der Waals surface area contributed by atoms with Crippen molar-refractivity contribution in [2.75, 3.05) is 0 Å². The van der Waals surface area contributed by atoms with Crippen LogP contribution in [0.25, 0.3) is 0 Å². The molecule has 1 saturated carbocycles. The second-order valence-electron chi connectivity index (χ2n) is 15.7. The fraction of sp³-hybridized carbons (Fsp3) is 1.00. The summed E-state index contributed by atoms with van der Waals surface area (Å²) in [5, 5.41) is 0. The average molecular weight is 567 g/mol. The van der Waals surface area contributed by atoms with Crippen LogP contribution in [0.1, 0.15) is 189 Å². The molecule has 246 valence electrons. The Bertz CT molecular complexity index is 492. The van der Waals surface area contributed by atoms with Crippen LogP contribution < -0.4 is 0 Å². The first-order valence-electron chi connectivity index (χ1n) is 18.5. The quantitative estimate of drug-likeness (QED) is 0.196. The topological polar surface area (TPSA) is 0 Å². The van der Waals surface area contributed by atoms with Gasteiger partial charge >= 0.3 is 0 Å². The molecule has 0 nitrogen and oxygen atoms in total. The van der Waals surface area contributed by atoms with Gasteiger partial charge in [0.15, 0.2) is 0 Å². The van der Waals surface area contributed by atoms with Crippen LogP contribution in [0, 0.1) is 71.0 Å². The largest absolute Gasteiger partial charge is 0.0656 e. The summed E-state index contributed by atoms with van der Waals surface area (Å²) in [6.45, 7) is 42.2. The SMILES string of the molecule is CCC.CCC(C(C)C(C)C)C(C)C(C)C1CCC(C)C1.CCC(C(C)C)C(C)C.CCC(C)CCCC(C)C. The molecule has 0 amide bonds. The molecule has 0 bridgehead atoms. The van der Waals surface area contributed by atoms with Crippen molar-refractivity contribution in [3.8, 4) is 0 Å². The highest BCUT2D eigenvalue weighted by Gasteiger charge is 2.34. The van der Waals surface area contributed by atoms with Crippen LogP contribution in [-0.4, -0.2) is 0 Å². The zero-order chi connectivity index (χ0) is 32.0. The molecule has 7 unspecified atom stereocenters. The van der Waals surface area contributed by atoms with E-state index in [0.29, 0.717) is 0 Å². The molecule has 0 aromatic rings. The van der Waals surface area contributed by atoms with Gasteiger partial charge in [0, 0.05) is 0 Å². The minimum atomic E-state index is 0.826. The van der Waals surface area contributed by atoms with Gasteiger partial charge in [0.1, 0.15) is 0 Å². The van der Waals surface area contributed by atoms with E-state index in [1.807, 2.05) is 0 Å². The van der Waals surface area contributed by atoms with Gasteiger partial charge in [-0.3, -0.25) is 0 Å². The summed E-state index contributed by atoms with van der Waals surface area (Å²) >= 11 is 0. The van der Waals surface area contributed by atoms with Gasteiger partial charge in [0.2, 0.25) is 0 Å². The number of hydrogen-bond acceptors (Lipinski definition) is 0. The van der Waals surface area contributed by atoms with E-state index >= 15 is 0 Å². The molecule has 0 aromatic heterocycles. The van der Waals surface area contributed by atoms with Gasteiger partial charge in [0.05, 0.1) is 0 Å². The first kappa shape index (κ1) is 44.4. The Labute approximate surface area is 259 Å². The lowest BCUT2D eigenvalue weighted by Gasteiger charge is -2.37.